The van der Waals surface area contributed by atoms with E-state index >= 15 is 0 Å². The quantitative estimate of drug-likeness (QED) is 0.737. The number of rotatable bonds is 3. The van der Waals surface area contributed by atoms with Crippen LogP contribution >= 0.6 is 0 Å². The van der Waals surface area contributed by atoms with Crippen LogP contribution in [0.5, 0.6) is 5.75 Å². The first-order valence-corrected chi connectivity index (χ1v) is 8.23. The molecule has 0 radical (unpaired) electrons. The van der Waals surface area contributed by atoms with E-state index in [0.29, 0.717) is 24.2 Å². The number of benzene rings is 1. The third-order valence-electron chi connectivity index (χ3n) is 4.42. The van der Waals surface area contributed by atoms with Crippen LogP contribution in [0.1, 0.15) is 49.2 Å². The van der Waals surface area contributed by atoms with Crippen LogP contribution < -0.4 is 4.74 Å². The normalized spacial score (nSPS) is 16.9. The highest BCUT2D eigenvalue weighted by molar-refractivity contribution is 5.49. The van der Waals surface area contributed by atoms with Gasteiger partial charge in [0.2, 0.25) is 0 Å². The number of hydrogen-bond acceptors (Lipinski definition) is 5. The smallest absolute Gasteiger partial charge is 0.276 e. The Morgan fingerprint density at radius 3 is 2.88 bits per heavy atom. The number of ether oxygens (including phenoxy) is 1. The Balaban J connectivity index is 1.69. The topological polar surface area (TPSA) is 66.0 Å². The highest BCUT2D eigenvalue weighted by atomic mass is 16.5. The minimum absolute atomic E-state index is 0.102. The summed E-state index contributed by atoms with van der Waals surface area (Å²) < 4.78 is 13.0. The van der Waals surface area contributed by atoms with Crippen molar-refractivity contribution >= 4 is 0 Å². The van der Waals surface area contributed by atoms with Gasteiger partial charge in [-0.05, 0) is 24.5 Å². The number of hydrogen-bond donors (Lipinski definition) is 0. The monoisotopic (exact) mass is 324 g/mol. The van der Waals surface area contributed by atoms with Gasteiger partial charge in [0.05, 0.1) is 18.2 Å². The molecule has 6 heteroatoms. The number of para-hydroxylation sites is 1. The summed E-state index contributed by atoms with van der Waals surface area (Å²) in [5.41, 5.74) is 2.98. The van der Waals surface area contributed by atoms with Crippen LogP contribution in [0.15, 0.2) is 34.9 Å². The van der Waals surface area contributed by atoms with E-state index in [1.54, 1.807) is 4.68 Å². The maximum absolute atomic E-state index is 5.72. The first-order chi connectivity index (χ1) is 11.6. The molecule has 0 N–H and O–H groups in total. The SMILES string of the molecule is CC(C)c1cc(-c2nc(C3CCOc4ccccc43)no2)n(C)n1. The maximum atomic E-state index is 5.72. The zero-order valence-electron chi connectivity index (χ0n) is 14.1. The number of aryl methyl sites for hydroxylation is 1. The van der Waals surface area contributed by atoms with Crippen LogP contribution in [-0.2, 0) is 7.05 Å². The van der Waals surface area contributed by atoms with Gasteiger partial charge < -0.3 is 9.26 Å². The molecule has 1 aliphatic heterocycles. The van der Waals surface area contributed by atoms with Crippen LogP contribution in [0.4, 0.5) is 0 Å². The van der Waals surface area contributed by atoms with E-state index in [9.17, 15) is 0 Å². The lowest BCUT2D eigenvalue weighted by Crippen LogP contribution is -2.16. The molecular weight excluding hydrogens is 304 g/mol. The summed E-state index contributed by atoms with van der Waals surface area (Å²) in [6.45, 7) is 4.89. The Labute approximate surface area is 140 Å². The Kier molecular flexibility index (Phi) is 3.59. The van der Waals surface area contributed by atoms with Crippen molar-refractivity contribution < 1.29 is 9.26 Å². The fourth-order valence-corrected chi connectivity index (χ4v) is 3.06. The molecule has 4 rings (SSSR count). The molecule has 1 aromatic carbocycles. The van der Waals surface area contributed by atoms with E-state index in [4.69, 9.17) is 9.26 Å². The molecule has 0 spiro atoms. The summed E-state index contributed by atoms with van der Waals surface area (Å²) in [6, 6.07) is 10.1. The molecule has 124 valence electrons. The molecule has 0 aliphatic carbocycles. The second-order valence-electron chi connectivity index (χ2n) is 6.42. The van der Waals surface area contributed by atoms with E-state index in [1.807, 2.05) is 31.3 Å². The van der Waals surface area contributed by atoms with Gasteiger partial charge in [0.15, 0.2) is 5.82 Å². The molecule has 3 aromatic rings. The summed E-state index contributed by atoms with van der Waals surface area (Å²) >= 11 is 0. The number of fused-ring (bicyclic) bond motifs is 1. The maximum Gasteiger partial charge on any atom is 0.276 e. The van der Waals surface area contributed by atoms with E-state index in [1.165, 1.54) is 0 Å². The molecule has 1 aliphatic rings. The van der Waals surface area contributed by atoms with Gasteiger partial charge >= 0.3 is 0 Å². The van der Waals surface area contributed by atoms with Crippen LogP contribution in [0.3, 0.4) is 0 Å². The molecule has 1 atom stereocenters. The predicted octanol–water partition coefficient (Wildman–Crippen LogP) is 3.51. The minimum atomic E-state index is 0.102. The fourth-order valence-electron chi connectivity index (χ4n) is 3.06. The largest absolute Gasteiger partial charge is 0.493 e. The molecule has 2 aromatic heterocycles. The lowest BCUT2D eigenvalue weighted by atomic mass is 9.92. The molecule has 0 bridgehead atoms. The van der Waals surface area contributed by atoms with Gasteiger partial charge in [-0.15, -0.1) is 0 Å². The van der Waals surface area contributed by atoms with Crippen molar-refractivity contribution in [3.05, 3.63) is 47.4 Å². The second kappa shape index (κ2) is 5.78. The van der Waals surface area contributed by atoms with Crippen LogP contribution in [0.2, 0.25) is 0 Å². The van der Waals surface area contributed by atoms with E-state index in [2.05, 4.69) is 35.2 Å². The lowest BCUT2D eigenvalue weighted by Gasteiger charge is -2.23. The number of aromatic nitrogens is 4. The van der Waals surface area contributed by atoms with Gasteiger partial charge in [-0.25, -0.2) is 0 Å². The van der Waals surface area contributed by atoms with Gasteiger partial charge in [0.1, 0.15) is 11.4 Å². The van der Waals surface area contributed by atoms with E-state index in [-0.39, 0.29) is 5.92 Å². The summed E-state index contributed by atoms with van der Waals surface area (Å²) in [5.74, 6) is 2.58. The van der Waals surface area contributed by atoms with E-state index in [0.717, 1.165) is 29.1 Å². The van der Waals surface area contributed by atoms with Gasteiger partial charge in [-0.2, -0.15) is 10.1 Å². The summed E-state index contributed by atoms with van der Waals surface area (Å²) in [7, 11) is 1.90. The summed E-state index contributed by atoms with van der Waals surface area (Å²) in [5, 5.41) is 8.74. The Hall–Kier alpha value is -2.63. The van der Waals surface area contributed by atoms with Crippen molar-refractivity contribution in [2.75, 3.05) is 6.61 Å². The highest BCUT2D eigenvalue weighted by Gasteiger charge is 2.27. The molecule has 0 amide bonds. The van der Waals surface area contributed by atoms with Crippen molar-refractivity contribution in [1.82, 2.24) is 19.9 Å². The van der Waals surface area contributed by atoms with E-state index < -0.39 is 0 Å². The van der Waals surface area contributed by atoms with Gasteiger partial charge in [0.25, 0.3) is 5.89 Å². The molecule has 1 unspecified atom stereocenters. The Morgan fingerprint density at radius 1 is 1.25 bits per heavy atom. The van der Waals surface area contributed by atoms with Crippen molar-refractivity contribution in [3.8, 4) is 17.3 Å². The second-order valence-corrected chi connectivity index (χ2v) is 6.42. The minimum Gasteiger partial charge on any atom is -0.493 e. The van der Waals surface area contributed by atoms with Crippen molar-refractivity contribution in [1.29, 1.82) is 0 Å². The van der Waals surface area contributed by atoms with Crippen LogP contribution in [0, 0.1) is 0 Å². The van der Waals surface area contributed by atoms with Crippen LogP contribution in [-0.4, -0.2) is 26.5 Å². The summed E-state index contributed by atoms with van der Waals surface area (Å²) in [6.07, 6.45) is 0.846. The van der Waals surface area contributed by atoms with Crippen molar-refractivity contribution in [2.45, 2.75) is 32.1 Å². The molecule has 3 heterocycles. The Bertz CT molecular complexity index is 866. The highest BCUT2D eigenvalue weighted by Crippen LogP contribution is 2.37. The predicted molar refractivity (Wildman–Crippen MR) is 89.0 cm³/mol. The molecule has 0 saturated carbocycles. The average molecular weight is 324 g/mol. The molecule has 0 saturated heterocycles. The molecule has 0 fully saturated rings. The van der Waals surface area contributed by atoms with Gasteiger partial charge in [-0.3, -0.25) is 4.68 Å². The lowest BCUT2D eigenvalue weighted by molar-refractivity contribution is 0.272. The molecule has 6 nitrogen and oxygen atoms in total. The van der Waals surface area contributed by atoms with Gasteiger partial charge in [0, 0.05) is 12.6 Å². The van der Waals surface area contributed by atoms with Crippen LogP contribution in [0.25, 0.3) is 11.6 Å². The first-order valence-electron chi connectivity index (χ1n) is 8.23. The fraction of sp³-hybridized carbons (Fsp3) is 0.389. The zero-order valence-corrected chi connectivity index (χ0v) is 14.1. The molecule has 24 heavy (non-hydrogen) atoms. The third-order valence-corrected chi connectivity index (χ3v) is 4.42. The zero-order chi connectivity index (χ0) is 16.7. The summed E-state index contributed by atoms with van der Waals surface area (Å²) in [4.78, 5) is 4.64. The van der Waals surface area contributed by atoms with Crippen molar-refractivity contribution in [2.24, 2.45) is 7.05 Å². The first kappa shape index (κ1) is 14.9. The molecular formula is C18H20N4O2. The standard InChI is InChI=1S/C18H20N4O2/c1-11(2)14-10-15(22(3)20-14)18-19-17(21-24-18)13-8-9-23-16-7-5-4-6-12(13)16/h4-7,10-11,13H,8-9H2,1-3H3. The third kappa shape index (κ3) is 2.48. The van der Waals surface area contributed by atoms with Crippen molar-refractivity contribution in [3.63, 3.8) is 0 Å². The van der Waals surface area contributed by atoms with Gasteiger partial charge in [-0.1, -0.05) is 37.2 Å². The Morgan fingerprint density at radius 2 is 2.08 bits per heavy atom. The average Bonchev–Trinajstić information content (AvgIpc) is 3.21. The number of nitrogens with zero attached hydrogens (tertiary/aromatic N) is 4.